The molecule has 0 spiro atoms. The Morgan fingerprint density at radius 3 is 1.85 bits per heavy atom. The smallest absolute Gasteiger partial charge is 0.0420 e. The highest BCUT2D eigenvalue weighted by Gasteiger charge is 2.05. The van der Waals surface area contributed by atoms with Gasteiger partial charge in [0.2, 0.25) is 0 Å². The lowest BCUT2D eigenvalue weighted by atomic mass is 10.0. The van der Waals surface area contributed by atoms with Crippen LogP contribution < -0.4 is 4.90 Å². The molecule has 0 aliphatic heterocycles. The molecule has 13 heavy (non-hydrogen) atoms. The minimum Gasteiger partial charge on any atom is -0.377 e. The minimum absolute atomic E-state index is 1.12. The van der Waals surface area contributed by atoms with Gasteiger partial charge in [0.05, 0.1) is 0 Å². The first-order valence-electron chi connectivity index (χ1n) is 4.83. The predicted molar refractivity (Wildman–Crippen MR) is 59.6 cm³/mol. The highest BCUT2D eigenvalue weighted by molar-refractivity contribution is 5.59. The van der Waals surface area contributed by atoms with Gasteiger partial charge in [-0.1, -0.05) is 19.1 Å². The van der Waals surface area contributed by atoms with E-state index in [0.717, 1.165) is 6.42 Å². The second-order valence-electron chi connectivity index (χ2n) is 3.83. The Bertz CT molecular complexity index is 277. The molecule has 1 aromatic rings. The Morgan fingerprint density at radius 1 is 1.08 bits per heavy atom. The summed E-state index contributed by atoms with van der Waals surface area (Å²) in [5.41, 5.74) is 5.54. The number of nitrogens with zero attached hydrogens (tertiary/aromatic N) is 1. The summed E-state index contributed by atoms with van der Waals surface area (Å²) in [6.07, 6.45) is 1.12. The van der Waals surface area contributed by atoms with Crippen molar-refractivity contribution in [3.63, 3.8) is 0 Å². The lowest BCUT2D eigenvalue weighted by molar-refractivity contribution is 1.07. The number of rotatable bonds is 2. The Morgan fingerprint density at radius 2 is 1.54 bits per heavy atom. The Labute approximate surface area is 81.4 Å². The van der Waals surface area contributed by atoms with Crippen molar-refractivity contribution in [1.82, 2.24) is 0 Å². The van der Waals surface area contributed by atoms with Crippen LogP contribution in [-0.2, 0) is 6.42 Å². The quantitative estimate of drug-likeness (QED) is 0.671. The molecule has 1 heteroatoms. The average Bonchev–Trinajstić information content (AvgIpc) is 2.02. The third-order valence-electron chi connectivity index (χ3n) is 2.41. The van der Waals surface area contributed by atoms with Crippen LogP contribution in [0.25, 0.3) is 0 Å². The zero-order valence-electron chi connectivity index (χ0n) is 9.31. The summed E-state index contributed by atoms with van der Waals surface area (Å²) >= 11 is 0. The predicted octanol–water partition coefficient (Wildman–Crippen LogP) is 2.93. The molecular weight excluding hydrogens is 158 g/mol. The molecule has 1 nitrogen and oxygen atoms in total. The van der Waals surface area contributed by atoms with E-state index >= 15 is 0 Å². The van der Waals surface area contributed by atoms with E-state index < -0.39 is 0 Å². The molecule has 1 rings (SSSR count). The van der Waals surface area contributed by atoms with Crippen molar-refractivity contribution in [1.29, 1.82) is 0 Å². The fourth-order valence-electron chi connectivity index (χ4n) is 1.96. The van der Waals surface area contributed by atoms with E-state index in [2.05, 4.69) is 51.9 Å². The second-order valence-corrected chi connectivity index (χ2v) is 3.83. The van der Waals surface area contributed by atoms with Gasteiger partial charge in [-0.3, -0.25) is 0 Å². The number of benzene rings is 1. The van der Waals surface area contributed by atoms with Crippen molar-refractivity contribution in [3.8, 4) is 0 Å². The summed E-state index contributed by atoms with van der Waals surface area (Å²) < 4.78 is 0. The van der Waals surface area contributed by atoms with Crippen molar-refractivity contribution in [3.05, 3.63) is 28.8 Å². The van der Waals surface area contributed by atoms with Gasteiger partial charge in [0.1, 0.15) is 0 Å². The van der Waals surface area contributed by atoms with Gasteiger partial charge in [-0.25, -0.2) is 0 Å². The summed E-state index contributed by atoms with van der Waals surface area (Å²) in [7, 11) is 4.20. The third kappa shape index (κ3) is 2.03. The number of hydrogen-bond donors (Lipinski definition) is 0. The summed E-state index contributed by atoms with van der Waals surface area (Å²) in [6, 6.07) is 4.56. The largest absolute Gasteiger partial charge is 0.377 e. The second kappa shape index (κ2) is 3.82. The van der Waals surface area contributed by atoms with Gasteiger partial charge in [-0.15, -0.1) is 0 Å². The van der Waals surface area contributed by atoms with Crippen molar-refractivity contribution >= 4 is 5.69 Å². The lowest BCUT2D eigenvalue weighted by Gasteiger charge is -2.19. The summed E-state index contributed by atoms with van der Waals surface area (Å²) in [6.45, 7) is 6.56. The fourth-order valence-corrected chi connectivity index (χ4v) is 1.96. The molecule has 0 aromatic heterocycles. The molecule has 0 N–H and O–H groups in total. The van der Waals surface area contributed by atoms with Crippen LogP contribution in [0.2, 0.25) is 0 Å². The molecule has 1 aromatic carbocycles. The first kappa shape index (κ1) is 10.1. The molecule has 0 fully saturated rings. The van der Waals surface area contributed by atoms with E-state index in [9.17, 15) is 0 Å². The topological polar surface area (TPSA) is 3.24 Å². The maximum atomic E-state index is 2.28. The van der Waals surface area contributed by atoms with E-state index in [1.165, 1.54) is 22.4 Å². The Kier molecular flexibility index (Phi) is 2.97. The van der Waals surface area contributed by atoms with E-state index in [0.29, 0.717) is 0 Å². The van der Waals surface area contributed by atoms with Gasteiger partial charge in [-0.2, -0.15) is 0 Å². The molecular formula is C12H19N. The van der Waals surface area contributed by atoms with Gasteiger partial charge < -0.3 is 4.90 Å². The van der Waals surface area contributed by atoms with Crippen LogP contribution in [0.5, 0.6) is 0 Å². The van der Waals surface area contributed by atoms with Crippen LogP contribution in [0.4, 0.5) is 5.69 Å². The lowest BCUT2D eigenvalue weighted by Crippen LogP contribution is -2.12. The van der Waals surface area contributed by atoms with Crippen LogP contribution >= 0.6 is 0 Å². The van der Waals surface area contributed by atoms with Crippen LogP contribution in [0.3, 0.4) is 0 Å². The van der Waals surface area contributed by atoms with Gasteiger partial charge in [0.25, 0.3) is 0 Å². The third-order valence-corrected chi connectivity index (χ3v) is 2.41. The SMILES string of the molecule is CCc1cc(C)c(N(C)C)c(C)c1. The standard InChI is InChI=1S/C12H19N/c1-6-11-7-9(2)12(13(4)5)10(3)8-11/h7-8H,6H2,1-5H3. The van der Waals surface area contributed by atoms with Crippen molar-refractivity contribution in [2.75, 3.05) is 19.0 Å². The zero-order valence-corrected chi connectivity index (χ0v) is 9.31. The number of anilines is 1. The number of hydrogen-bond acceptors (Lipinski definition) is 1. The summed E-state index contributed by atoms with van der Waals surface area (Å²) in [5.74, 6) is 0. The molecule has 0 atom stereocenters. The molecule has 0 unspecified atom stereocenters. The van der Waals surface area contributed by atoms with E-state index in [-0.39, 0.29) is 0 Å². The van der Waals surface area contributed by atoms with E-state index in [4.69, 9.17) is 0 Å². The molecule has 0 bridgehead atoms. The van der Waals surface area contributed by atoms with E-state index in [1.54, 1.807) is 0 Å². The summed E-state index contributed by atoms with van der Waals surface area (Å²) in [5, 5.41) is 0. The van der Waals surface area contributed by atoms with Gasteiger partial charge in [0.15, 0.2) is 0 Å². The first-order valence-corrected chi connectivity index (χ1v) is 4.83. The first-order chi connectivity index (χ1) is 6.06. The van der Waals surface area contributed by atoms with Crippen LogP contribution in [0, 0.1) is 13.8 Å². The molecule has 0 saturated carbocycles. The van der Waals surface area contributed by atoms with Gasteiger partial charge >= 0.3 is 0 Å². The van der Waals surface area contributed by atoms with Crippen LogP contribution in [0.1, 0.15) is 23.6 Å². The Hall–Kier alpha value is -0.980. The average molecular weight is 177 g/mol. The number of aryl methyl sites for hydroxylation is 3. The highest BCUT2D eigenvalue weighted by atomic mass is 15.1. The summed E-state index contributed by atoms with van der Waals surface area (Å²) in [4.78, 5) is 2.18. The van der Waals surface area contributed by atoms with E-state index in [1.807, 2.05) is 0 Å². The molecule has 0 saturated heterocycles. The van der Waals surface area contributed by atoms with Crippen LogP contribution in [0.15, 0.2) is 12.1 Å². The monoisotopic (exact) mass is 177 g/mol. The normalized spacial score (nSPS) is 10.2. The maximum absolute atomic E-state index is 2.28. The van der Waals surface area contributed by atoms with Gasteiger partial charge in [-0.05, 0) is 37.0 Å². The Balaban J connectivity index is 3.23. The van der Waals surface area contributed by atoms with Crippen molar-refractivity contribution < 1.29 is 0 Å². The molecule has 0 amide bonds. The molecule has 0 radical (unpaired) electrons. The van der Waals surface area contributed by atoms with Crippen LogP contribution in [-0.4, -0.2) is 14.1 Å². The molecule has 72 valence electrons. The zero-order chi connectivity index (χ0) is 10.0. The molecule has 0 aliphatic carbocycles. The van der Waals surface area contributed by atoms with Gasteiger partial charge in [0, 0.05) is 19.8 Å². The molecule has 0 aliphatic rings. The fraction of sp³-hybridized carbons (Fsp3) is 0.500. The molecule has 0 heterocycles. The highest BCUT2D eigenvalue weighted by Crippen LogP contribution is 2.24. The van der Waals surface area contributed by atoms with Crippen molar-refractivity contribution in [2.24, 2.45) is 0 Å². The van der Waals surface area contributed by atoms with Crippen molar-refractivity contribution in [2.45, 2.75) is 27.2 Å². The minimum atomic E-state index is 1.12. The maximum Gasteiger partial charge on any atom is 0.0420 e.